The molecule has 7 nitrogen and oxygen atoms in total. The number of likely N-dealkylation sites (tertiary alicyclic amines) is 2. The van der Waals surface area contributed by atoms with Crippen molar-refractivity contribution in [2.75, 3.05) is 26.2 Å². The molecule has 2 aliphatic rings. The van der Waals surface area contributed by atoms with E-state index in [0.29, 0.717) is 35.6 Å². The van der Waals surface area contributed by atoms with Gasteiger partial charge in [-0.3, -0.25) is 14.5 Å². The van der Waals surface area contributed by atoms with Gasteiger partial charge in [0.25, 0.3) is 5.91 Å². The number of nitrogens with zero attached hydrogens (tertiary/aromatic N) is 4. The van der Waals surface area contributed by atoms with Crippen LogP contribution in [0.3, 0.4) is 0 Å². The molecule has 5 rings (SSSR count). The van der Waals surface area contributed by atoms with Crippen molar-refractivity contribution in [1.82, 2.24) is 19.6 Å². The molecular weight excluding hydrogens is 474 g/mol. The predicted molar refractivity (Wildman–Crippen MR) is 140 cm³/mol. The predicted octanol–water partition coefficient (Wildman–Crippen LogP) is 4.07. The number of rotatable bonds is 6. The first-order valence-electron chi connectivity index (χ1n) is 12.4. The average molecular weight is 506 g/mol. The summed E-state index contributed by atoms with van der Waals surface area (Å²) in [6.45, 7) is 8.92. The Morgan fingerprint density at radius 1 is 1.00 bits per heavy atom. The van der Waals surface area contributed by atoms with Crippen LogP contribution in [0.15, 0.2) is 48.5 Å². The van der Waals surface area contributed by atoms with E-state index in [4.69, 9.17) is 17.3 Å². The fraction of sp³-hybridized carbons (Fsp3) is 0.393. The van der Waals surface area contributed by atoms with E-state index in [9.17, 15) is 9.59 Å². The van der Waals surface area contributed by atoms with Crippen LogP contribution >= 0.6 is 11.6 Å². The molecule has 2 aliphatic heterocycles. The SMILES string of the molecule is Cc1ccc(-n2nc(C)cc2C(=O)N2CC3CN(C(CC(N)=O)c4ccc(C)c(Cl)c4)CC3C2)cc1. The van der Waals surface area contributed by atoms with E-state index in [1.165, 1.54) is 0 Å². The quantitative estimate of drug-likeness (QED) is 0.547. The Bertz CT molecular complexity index is 1290. The van der Waals surface area contributed by atoms with Gasteiger partial charge in [-0.05, 0) is 68.0 Å². The number of amides is 2. The van der Waals surface area contributed by atoms with Crippen LogP contribution < -0.4 is 5.73 Å². The number of hydrogen-bond acceptors (Lipinski definition) is 4. The minimum absolute atomic E-state index is 0.0103. The molecule has 188 valence electrons. The van der Waals surface area contributed by atoms with E-state index in [-0.39, 0.29) is 24.3 Å². The summed E-state index contributed by atoms with van der Waals surface area (Å²) < 4.78 is 1.75. The largest absolute Gasteiger partial charge is 0.370 e. The number of aromatic nitrogens is 2. The van der Waals surface area contributed by atoms with Gasteiger partial charge in [0, 0.05) is 43.7 Å². The maximum absolute atomic E-state index is 13.6. The number of carbonyl (C=O) groups is 2. The molecule has 36 heavy (non-hydrogen) atoms. The first-order chi connectivity index (χ1) is 17.2. The molecule has 8 heteroatoms. The third-order valence-electron chi connectivity index (χ3n) is 7.55. The maximum Gasteiger partial charge on any atom is 0.272 e. The van der Waals surface area contributed by atoms with E-state index < -0.39 is 0 Å². The minimum Gasteiger partial charge on any atom is -0.370 e. The second kappa shape index (κ2) is 9.71. The lowest BCUT2D eigenvalue weighted by Gasteiger charge is -2.29. The smallest absolute Gasteiger partial charge is 0.272 e. The standard InChI is InChI=1S/C28H32ClN5O2/c1-17-4-8-23(9-5-17)34-26(10-19(3)31-34)28(36)33-15-21-13-32(14-22(21)16-33)25(12-27(30)35)20-7-6-18(2)24(29)11-20/h4-11,21-22,25H,12-16H2,1-3H3,(H2,30,35). The lowest BCUT2D eigenvalue weighted by Crippen LogP contribution is -2.36. The number of aryl methyl sites for hydroxylation is 3. The van der Waals surface area contributed by atoms with Gasteiger partial charge in [0.1, 0.15) is 5.69 Å². The summed E-state index contributed by atoms with van der Waals surface area (Å²) in [5, 5.41) is 5.28. The molecule has 3 unspecified atom stereocenters. The van der Waals surface area contributed by atoms with Gasteiger partial charge in [-0.2, -0.15) is 5.10 Å². The molecule has 0 spiro atoms. The molecule has 1 aromatic heterocycles. The van der Waals surface area contributed by atoms with Gasteiger partial charge in [-0.25, -0.2) is 4.68 Å². The van der Waals surface area contributed by atoms with E-state index in [1.807, 2.05) is 74.2 Å². The summed E-state index contributed by atoms with van der Waals surface area (Å²) >= 11 is 6.39. The summed E-state index contributed by atoms with van der Waals surface area (Å²) in [5.74, 6) is 0.380. The van der Waals surface area contributed by atoms with Crippen molar-refractivity contribution in [3.05, 3.63) is 81.6 Å². The monoisotopic (exact) mass is 505 g/mol. The molecule has 2 N–H and O–H groups in total. The highest BCUT2D eigenvalue weighted by Gasteiger charge is 2.44. The van der Waals surface area contributed by atoms with E-state index in [1.54, 1.807) is 4.68 Å². The number of primary amides is 1. The van der Waals surface area contributed by atoms with E-state index >= 15 is 0 Å². The minimum atomic E-state index is -0.328. The fourth-order valence-electron chi connectivity index (χ4n) is 5.61. The Kier molecular flexibility index (Phi) is 6.62. The molecule has 2 saturated heterocycles. The number of fused-ring (bicyclic) bond motifs is 1. The van der Waals surface area contributed by atoms with Crippen molar-refractivity contribution in [2.24, 2.45) is 17.6 Å². The zero-order valence-electron chi connectivity index (χ0n) is 20.9. The Morgan fingerprint density at radius 3 is 2.28 bits per heavy atom. The molecule has 0 radical (unpaired) electrons. The topological polar surface area (TPSA) is 84.5 Å². The molecular formula is C28H32ClN5O2. The Hall–Kier alpha value is -3.16. The zero-order valence-corrected chi connectivity index (χ0v) is 21.7. The van der Waals surface area contributed by atoms with Crippen LogP contribution in [0.2, 0.25) is 5.02 Å². The summed E-state index contributed by atoms with van der Waals surface area (Å²) in [7, 11) is 0. The molecule has 0 bridgehead atoms. The van der Waals surface area contributed by atoms with Gasteiger partial charge in [0.2, 0.25) is 5.91 Å². The normalized spacial score (nSPS) is 20.5. The molecule has 2 aromatic carbocycles. The number of carbonyl (C=O) groups excluding carboxylic acids is 2. The maximum atomic E-state index is 13.6. The number of halogens is 1. The van der Waals surface area contributed by atoms with Gasteiger partial charge in [0.15, 0.2) is 0 Å². The summed E-state index contributed by atoms with van der Waals surface area (Å²) in [5.41, 5.74) is 11.1. The van der Waals surface area contributed by atoms with Crippen LogP contribution in [0.25, 0.3) is 5.69 Å². The van der Waals surface area contributed by atoms with Crippen LogP contribution in [0.1, 0.15) is 45.3 Å². The van der Waals surface area contributed by atoms with Crippen LogP contribution in [-0.2, 0) is 4.79 Å². The summed E-state index contributed by atoms with van der Waals surface area (Å²) in [4.78, 5) is 29.8. The Labute approximate surface area is 216 Å². The third kappa shape index (κ3) is 4.77. The van der Waals surface area contributed by atoms with Crippen molar-refractivity contribution in [1.29, 1.82) is 0 Å². The highest BCUT2D eigenvalue weighted by atomic mass is 35.5. The highest BCUT2D eigenvalue weighted by Crippen LogP contribution is 2.38. The van der Waals surface area contributed by atoms with Gasteiger partial charge in [-0.15, -0.1) is 0 Å². The Morgan fingerprint density at radius 2 is 1.67 bits per heavy atom. The molecule has 3 heterocycles. The van der Waals surface area contributed by atoms with Crippen molar-refractivity contribution >= 4 is 23.4 Å². The average Bonchev–Trinajstić information content (AvgIpc) is 3.52. The second-order valence-corrected chi connectivity index (χ2v) is 10.7. The number of nitrogens with two attached hydrogens (primary N) is 1. The van der Waals surface area contributed by atoms with Crippen LogP contribution in [0.5, 0.6) is 0 Å². The van der Waals surface area contributed by atoms with Gasteiger partial charge < -0.3 is 10.6 Å². The molecule has 3 atom stereocenters. The lowest BCUT2D eigenvalue weighted by molar-refractivity contribution is -0.119. The molecule has 0 aliphatic carbocycles. The van der Waals surface area contributed by atoms with Gasteiger partial charge >= 0.3 is 0 Å². The van der Waals surface area contributed by atoms with E-state index in [0.717, 1.165) is 41.2 Å². The molecule has 2 fully saturated rings. The van der Waals surface area contributed by atoms with Crippen molar-refractivity contribution in [2.45, 2.75) is 33.2 Å². The van der Waals surface area contributed by atoms with E-state index in [2.05, 4.69) is 10.00 Å². The van der Waals surface area contributed by atoms with Crippen LogP contribution in [0.4, 0.5) is 0 Å². The molecule has 2 amide bonds. The third-order valence-corrected chi connectivity index (χ3v) is 7.95. The zero-order chi connectivity index (χ0) is 25.6. The summed E-state index contributed by atoms with van der Waals surface area (Å²) in [6, 6.07) is 15.8. The van der Waals surface area contributed by atoms with Crippen molar-refractivity contribution in [3.8, 4) is 5.69 Å². The number of hydrogen-bond donors (Lipinski definition) is 1. The van der Waals surface area contributed by atoms with Crippen LogP contribution in [-0.4, -0.2) is 57.6 Å². The fourth-order valence-corrected chi connectivity index (χ4v) is 5.80. The highest BCUT2D eigenvalue weighted by molar-refractivity contribution is 6.31. The Balaban J connectivity index is 1.31. The van der Waals surface area contributed by atoms with Crippen molar-refractivity contribution in [3.63, 3.8) is 0 Å². The van der Waals surface area contributed by atoms with Crippen molar-refractivity contribution < 1.29 is 9.59 Å². The van der Waals surface area contributed by atoms with Gasteiger partial charge in [0.05, 0.1) is 11.4 Å². The molecule has 3 aromatic rings. The second-order valence-electron chi connectivity index (χ2n) is 10.3. The number of benzene rings is 2. The first kappa shape index (κ1) is 24.5. The van der Waals surface area contributed by atoms with Gasteiger partial charge in [-0.1, -0.05) is 41.4 Å². The first-order valence-corrected chi connectivity index (χ1v) is 12.8. The lowest BCUT2D eigenvalue weighted by atomic mass is 10.0. The van der Waals surface area contributed by atoms with Crippen LogP contribution in [0, 0.1) is 32.6 Å². The molecule has 0 saturated carbocycles. The summed E-state index contributed by atoms with van der Waals surface area (Å²) in [6.07, 6.45) is 0.247.